The highest BCUT2D eigenvalue weighted by atomic mass is 16.6. The second-order valence-electron chi connectivity index (χ2n) is 8.01. The number of hydrogen-bond acceptors (Lipinski definition) is 3. The average Bonchev–Trinajstić information content (AvgIpc) is 2.91. The minimum absolute atomic E-state index is 0.216. The number of rotatable bonds is 4. The molecule has 1 aliphatic rings. The molecule has 0 saturated carbocycles. The molecule has 0 saturated heterocycles. The third kappa shape index (κ3) is 4.25. The lowest BCUT2D eigenvalue weighted by Gasteiger charge is -2.33. The molecule has 4 heteroatoms. The van der Waals surface area contributed by atoms with Crippen molar-refractivity contribution >= 4 is 6.09 Å². The zero-order chi connectivity index (χ0) is 18.8. The Kier molecular flexibility index (Phi) is 5.05. The SMILES string of the molecule is CC(C)(C)OC(=O)N(Cc1ccccc1)CC1(O)CCc2ccccc21. The molecule has 0 bridgehead atoms. The normalized spacial score (nSPS) is 19.1. The van der Waals surface area contributed by atoms with Crippen molar-refractivity contribution in [1.29, 1.82) is 0 Å². The van der Waals surface area contributed by atoms with Crippen molar-refractivity contribution in [2.75, 3.05) is 6.54 Å². The first-order valence-electron chi connectivity index (χ1n) is 9.09. The van der Waals surface area contributed by atoms with E-state index in [1.807, 2.05) is 75.4 Å². The third-order valence-electron chi connectivity index (χ3n) is 4.65. The van der Waals surface area contributed by atoms with Crippen LogP contribution < -0.4 is 0 Å². The minimum atomic E-state index is -1.04. The Hall–Kier alpha value is -2.33. The van der Waals surface area contributed by atoms with Crippen LogP contribution in [-0.4, -0.2) is 28.2 Å². The first-order valence-corrected chi connectivity index (χ1v) is 9.09. The van der Waals surface area contributed by atoms with Gasteiger partial charge in [-0.1, -0.05) is 54.6 Å². The molecule has 3 rings (SSSR count). The van der Waals surface area contributed by atoms with E-state index in [0.717, 1.165) is 23.1 Å². The summed E-state index contributed by atoms with van der Waals surface area (Å²) in [4.78, 5) is 14.4. The molecule has 0 fully saturated rings. The molecule has 2 aromatic carbocycles. The fraction of sp³-hybridized carbons (Fsp3) is 0.409. The van der Waals surface area contributed by atoms with Gasteiger partial charge in [-0.15, -0.1) is 0 Å². The fourth-order valence-corrected chi connectivity index (χ4v) is 3.46. The van der Waals surface area contributed by atoms with E-state index in [-0.39, 0.29) is 6.54 Å². The summed E-state index contributed by atoms with van der Waals surface area (Å²) in [6.45, 7) is 6.18. The topological polar surface area (TPSA) is 49.8 Å². The Morgan fingerprint density at radius 2 is 1.77 bits per heavy atom. The Morgan fingerprint density at radius 3 is 2.46 bits per heavy atom. The van der Waals surface area contributed by atoms with Gasteiger partial charge in [-0.2, -0.15) is 0 Å². The van der Waals surface area contributed by atoms with E-state index in [9.17, 15) is 9.90 Å². The zero-order valence-electron chi connectivity index (χ0n) is 15.7. The van der Waals surface area contributed by atoms with Crippen molar-refractivity contribution in [2.24, 2.45) is 0 Å². The number of benzene rings is 2. The molecule has 4 nitrogen and oxygen atoms in total. The quantitative estimate of drug-likeness (QED) is 0.893. The van der Waals surface area contributed by atoms with E-state index in [4.69, 9.17) is 4.74 Å². The van der Waals surface area contributed by atoms with Crippen LogP contribution in [0.15, 0.2) is 54.6 Å². The van der Waals surface area contributed by atoms with Gasteiger partial charge in [0.15, 0.2) is 0 Å². The number of hydrogen-bond donors (Lipinski definition) is 1. The highest BCUT2D eigenvalue weighted by Crippen LogP contribution is 2.37. The van der Waals surface area contributed by atoms with Crippen LogP contribution in [0.3, 0.4) is 0 Å². The molecule has 1 aliphatic carbocycles. The summed E-state index contributed by atoms with van der Waals surface area (Å²) in [7, 11) is 0. The highest BCUT2D eigenvalue weighted by Gasteiger charge is 2.39. The van der Waals surface area contributed by atoms with E-state index in [1.54, 1.807) is 4.90 Å². The standard InChI is InChI=1S/C22H27NO3/c1-21(2,3)26-20(24)23(15-17-9-5-4-6-10-17)16-22(25)14-13-18-11-7-8-12-19(18)22/h4-12,25H,13-16H2,1-3H3. The van der Waals surface area contributed by atoms with Crippen molar-refractivity contribution < 1.29 is 14.6 Å². The lowest BCUT2D eigenvalue weighted by molar-refractivity contribution is -0.0223. The lowest BCUT2D eigenvalue weighted by Crippen LogP contribution is -2.44. The van der Waals surface area contributed by atoms with Gasteiger partial charge in [0.1, 0.15) is 11.2 Å². The van der Waals surface area contributed by atoms with Gasteiger partial charge in [-0.05, 0) is 50.3 Å². The summed E-state index contributed by atoms with van der Waals surface area (Å²) >= 11 is 0. The largest absolute Gasteiger partial charge is 0.444 e. The van der Waals surface area contributed by atoms with Crippen LogP contribution in [0.1, 0.15) is 43.9 Å². The van der Waals surface area contributed by atoms with E-state index >= 15 is 0 Å². The van der Waals surface area contributed by atoms with Gasteiger partial charge < -0.3 is 14.7 Å². The predicted octanol–water partition coefficient (Wildman–Crippen LogP) is 4.26. The van der Waals surface area contributed by atoms with Crippen LogP contribution in [0.4, 0.5) is 4.79 Å². The summed E-state index contributed by atoms with van der Waals surface area (Å²) in [5, 5.41) is 11.3. The molecule has 2 aromatic rings. The van der Waals surface area contributed by atoms with Crippen molar-refractivity contribution in [3.05, 3.63) is 71.3 Å². The molecule has 0 aromatic heterocycles. The monoisotopic (exact) mass is 353 g/mol. The second kappa shape index (κ2) is 7.12. The van der Waals surface area contributed by atoms with E-state index in [1.165, 1.54) is 0 Å². The molecular formula is C22H27NO3. The second-order valence-corrected chi connectivity index (χ2v) is 8.01. The highest BCUT2D eigenvalue weighted by molar-refractivity contribution is 5.68. The summed E-state index contributed by atoms with van der Waals surface area (Å²) in [5.41, 5.74) is 1.46. The van der Waals surface area contributed by atoms with Gasteiger partial charge in [0, 0.05) is 6.54 Å². The summed E-state index contributed by atoms with van der Waals surface area (Å²) in [6.07, 6.45) is 1.03. The maximum atomic E-state index is 12.8. The Labute approximate surface area is 155 Å². The van der Waals surface area contributed by atoms with E-state index < -0.39 is 17.3 Å². The van der Waals surface area contributed by atoms with Crippen molar-refractivity contribution in [3.8, 4) is 0 Å². The first kappa shape index (κ1) is 18.5. The average molecular weight is 353 g/mol. The summed E-state index contributed by atoms with van der Waals surface area (Å²) in [5.74, 6) is 0. The summed E-state index contributed by atoms with van der Waals surface area (Å²) in [6, 6.07) is 17.7. The molecule has 0 radical (unpaired) electrons. The number of fused-ring (bicyclic) bond motifs is 1. The molecule has 1 unspecified atom stereocenters. The number of aryl methyl sites for hydroxylation is 1. The van der Waals surface area contributed by atoms with E-state index in [2.05, 4.69) is 0 Å². The van der Waals surface area contributed by atoms with Gasteiger partial charge in [0.2, 0.25) is 0 Å². The first-order chi connectivity index (χ1) is 12.3. The van der Waals surface area contributed by atoms with Gasteiger partial charge in [-0.25, -0.2) is 4.79 Å². The van der Waals surface area contributed by atoms with Crippen LogP contribution in [0.5, 0.6) is 0 Å². The smallest absolute Gasteiger partial charge is 0.410 e. The minimum Gasteiger partial charge on any atom is -0.444 e. The third-order valence-corrected chi connectivity index (χ3v) is 4.65. The molecule has 0 aliphatic heterocycles. The van der Waals surface area contributed by atoms with E-state index in [0.29, 0.717) is 13.0 Å². The van der Waals surface area contributed by atoms with Gasteiger partial charge >= 0.3 is 6.09 Å². The number of amides is 1. The lowest BCUT2D eigenvalue weighted by atomic mass is 9.95. The number of carbonyl (C=O) groups is 1. The molecule has 1 atom stereocenters. The van der Waals surface area contributed by atoms with Crippen LogP contribution in [0.25, 0.3) is 0 Å². The molecule has 26 heavy (non-hydrogen) atoms. The Balaban J connectivity index is 1.85. The number of aliphatic hydroxyl groups is 1. The van der Waals surface area contributed by atoms with Crippen LogP contribution in [0.2, 0.25) is 0 Å². The van der Waals surface area contributed by atoms with Crippen molar-refractivity contribution in [3.63, 3.8) is 0 Å². The maximum absolute atomic E-state index is 12.8. The van der Waals surface area contributed by atoms with Crippen LogP contribution >= 0.6 is 0 Å². The molecule has 0 spiro atoms. The van der Waals surface area contributed by atoms with Gasteiger partial charge in [0.25, 0.3) is 0 Å². The predicted molar refractivity (Wildman–Crippen MR) is 102 cm³/mol. The summed E-state index contributed by atoms with van der Waals surface area (Å²) < 4.78 is 5.59. The Morgan fingerprint density at radius 1 is 1.12 bits per heavy atom. The van der Waals surface area contributed by atoms with Crippen molar-refractivity contribution in [2.45, 2.75) is 51.4 Å². The van der Waals surface area contributed by atoms with Crippen molar-refractivity contribution in [1.82, 2.24) is 4.90 Å². The zero-order valence-corrected chi connectivity index (χ0v) is 15.7. The molecule has 138 valence electrons. The molecular weight excluding hydrogens is 326 g/mol. The molecule has 1 amide bonds. The number of nitrogens with zero attached hydrogens (tertiary/aromatic N) is 1. The molecule has 1 N–H and O–H groups in total. The fourth-order valence-electron chi connectivity index (χ4n) is 3.46. The van der Waals surface area contributed by atoms with Gasteiger partial charge in [-0.3, -0.25) is 0 Å². The maximum Gasteiger partial charge on any atom is 0.410 e. The number of carbonyl (C=O) groups excluding carboxylic acids is 1. The van der Waals surface area contributed by atoms with Crippen LogP contribution in [0, 0.1) is 0 Å². The molecule has 0 heterocycles. The van der Waals surface area contributed by atoms with Gasteiger partial charge in [0.05, 0.1) is 6.54 Å². The van der Waals surface area contributed by atoms with Crippen LogP contribution in [-0.2, 0) is 23.3 Å². The Bertz CT molecular complexity index is 766. The number of ether oxygens (including phenoxy) is 1.